The summed E-state index contributed by atoms with van der Waals surface area (Å²) in [5, 5.41) is 0. The second kappa shape index (κ2) is 10.1. The predicted octanol–water partition coefficient (Wildman–Crippen LogP) is 8.88. The summed E-state index contributed by atoms with van der Waals surface area (Å²) < 4.78 is 158. The van der Waals surface area contributed by atoms with E-state index in [0.29, 0.717) is 17.7 Å². The molecule has 0 bridgehead atoms. The van der Waals surface area contributed by atoms with Crippen molar-refractivity contribution in [2.45, 2.75) is 12.5 Å². The molecular formula is C26H11F11O2. The van der Waals surface area contributed by atoms with Crippen LogP contribution in [-0.4, -0.2) is 6.36 Å². The van der Waals surface area contributed by atoms with Crippen LogP contribution in [0.2, 0.25) is 0 Å². The van der Waals surface area contributed by atoms with Crippen molar-refractivity contribution < 1.29 is 57.8 Å². The molecule has 2 nitrogen and oxygen atoms in total. The summed E-state index contributed by atoms with van der Waals surface area (Å²) in [5.41, 5.74) is -2.22. The fraction of sp³-hybridized carbons (Fsp3) is 0.0769. The van der Waals surface area contributed by atoms with Gasteiger partial charge in [0.05, 0.1) is 0 Å². The van der Waals surface area contributed by atoms with Crippen molar-refractivity contribution >= 4 is 0 Å². The van der Waals surface area contributed by atoms with Crippen molar-refractivity contribution in [2.75, 3.05) is 0 Å². The lowest BCUT2D eigenvalue weighted by Gasteiger charge is -2.20. The maximum absolute atomic E-state index is 14.8. The fourth-order valence-electron chi connectivity index (χ4n) is 3.59. The molecule has 4 rings (SSSR count). The molecule has 0 aliphatic heterocycles. The SMILES string of the molecule is Fc1ccc(-c2ccc(-c3cc(F)c(C(F)(F)Oc4cc(F)c(OC(F)(F)F)c(F)c4)c(F)c3)c(F)c2)cc1. The zero-order chi connectivity index (χ0) is 28.7. The van der Waals surface area contributed by atoms with Gasteiger partial charge in [0.15, 0.2) is 11.6 Å². The molecule has 0 fully saturated rings. The quantitative estimate of drug-likeness (QED) is 0.218. The van der Waals surface area contributed by atoms with Crippen LogP contribution in [0.25, 0.3) is 22.3 Å². The van der Waals surface area contributed by atoms with Crippen molar-refractivity contribution in [3.8, 4) is 33.8 Å². The van der Waals surface area contributed by atoms with Crippen LogP contribution in [0.5, 0.6) is 11.5 Å². The van der Waals surface area contributed by atoms with Crippen LogP contribution < -0.4 is 9.47 Å². The highest BCUT2D eigenvalue weighted by Crippen LogP contribution is 2.40. The highest BCUT2D eigenvalue weighted by molar-refractivity contribution is 5.71. The topological polar surface area (TPSA) is 18.5 Å². The molecule has 204 valence electrons. The third-order valence-electron chi connectivity index (χ3n) is 5.23. The van der Waals surface area contributed by atoms with E-state index in [0.717, 1.165) is 24.3 Å². The predicted molar refractivity (Wildman–Crippen MR) is 115 cm³/mol. The average Bonchev–Trinajstić information content (AvgIpc) is 2.80. The standard InChI is InChI=1S/C26H11F11O2/c27-15-4-1-12(2-5-15)13-3-6-17(18(28)7-13)14-8-19(29)23(20(30)9-14)25(33,34)38-16-10-21(31)24(22(32)11-16)39-26(35,36)37/h1-11H. The highest BCUT2D eigenvalue weighted by atomic mass is 19.4. The Bertz CT molecular complexity index is 1480. The number of benzene rings is 4. The Labute approximate surface area is 211 Å². The molecule has 0 aliphatic carbocycles. The Morgan fingerprint density at radius 3 is 1.51 bits per heavy atom. The minimum absolute atomic E-state index is 0.111. The minimum atomic E-state index is -5.51. The molecule has 4 aromatic rings. The molecule has 0 atom stereocenters. The summed E-state index contributed by atoms with van der Waals surface area (Å²) in [6, 6.07) is 8.86. The molecule has 0 saturated heterocycles. The van der Waals surface area contributed by atoms with Crippen molar-refractivity contribution in [1.29, 1.82) is 0 Å². The zero-order valence-electron chi connectivity index (χ0n) is 18.8. The number of ether oxygens (including phenoxy) is 2. The average molecular weight is 564 g/mol. The lowest BCUT2D eigenvalue weighted by molar-refractivity contribution is -0.276. The molecule has 0 heterocycles. The Balaban J connectivity index is 1.63. The Hall–Kier alpha value is -4.29. The van der Waals surface area contributed by atoms with E-state index in [1.807, 2.05) is 0 Å². The molecule has 0 amide bonds. The van der Waals surface area contributed by atoms with Gasteiger partial charge in [-0.25, -0.2) is 26.3 Å². The molecule has 0 unspecified atom stereocenters. The van der Waals surface area contributed by atoms with Gasteiger partial charge in [-0.05, 0) is 47.0 Å². The first-order valence-corrected chi connectivity index (χ1v) is 10.5. The van der Waals surface area contributed by atoms with Gasteiger partial charge in [0.2, 0.25) is 5.75 Å². The van der Waals surface area contributed by atoms with E-state index >= 15 is 0 Å². The second-order valence-corrected chi connectivity index (χ2v) is 7.90. The van der Waals surface area contributed by atoms with Crippen molar-refractivity contribution in [1.82, 2.24) is 0 Å². The van der Waals surface area contributed by atoms with Crippen LogP contribution in [0, 0.1) is 34.9 Å². The van der Waals surface area contributed by atoms with E-state index in [2.05, 4.69) is 9.47 Å². The lowest BCUT2D eigenvalue weighted by atomic mass is 9.98. The largest absolute Gasteiger partial charge is 0.573 e. The van der Waals surface area contributed by atoms with E-state index in [1.165, 1.54) is 18.2 Å². The summed E-state index contributed by atoms with van der Waals surface area (Å²) in [5.74, 6) is -13.0. The zero-order valence-corrected chi connectivity index (χ0v) is 18.8. The molecule has 39 heavy (non-hydrogen) atoms. The van der Waals surface area contributed by atoms with Crippen LogP contribution in [0.3, 0.4) is 0 Å². The normalized spacial score (nSPS) is 12.0. The van der Waals surface area contributed by atoms with Crippen molar-refractivity contribution in [3.05, 3.63) is 107 Å². The Morgan fingerprint density at radius 2 is 1.00 bits per heavy atom. The fourth-order valence-corrected chi connectivity index (χ4v) is 3.59. The van der Waals surface area contributed by atoms with Gasteiger partial charge in [0, 0.05) is 17.7 Å². The molecule has 13 heteroatoms. The minimum Gasteiger partial charge on any atom is -0.429 e. The van der Waals surface area contributed by atoms with Crippen LogP contribution >= 0.6 is 0 Å². The van der Waals surface area contributed by atoms with E-state index < -0.39 is 70.0 Å². The van der Waals surface area contributed by atoms with Crippen LogP contribution in [0.15, 0.2) is 66.7 Å². The third-order valence-corrected chi connectivity index (χ3v) is 5.23. The van der Waals surface area contributed by atoms with E-state index in [4.69, 9.17) is 0 Å². The number of alkyl halides is 5. The molecule has 0 radical (unpaired) electrons. The molecular weight excluding hydrogens is 553 g/mol. The number of hydrogen-bond donors (Lipinski definition) is 0. The van der Waals surface area contributed by atoms with Crippen LogP contribution in [0.1, 0.15) is 5.56 Å². The van der Waals surface area contributed by atoms with Gasteiger partial charge in [-0.1, -0.05) is 24.3 Å². The summed E-state index contributed by atoms with van der Waals surface area (Å²) >= 11 is 0. The van der Waals surface area contributed by atoms with Gasteiger partial charge in [-0.3, -0.25) is 0 Å². The maximum atomic E-state index is 14.8. The molecule has 0 saturated carbocycles. The van der Waals surface area contributed by atoms with Crippen molar-refractivity contribution in [3.63, 3.8) is 0 Å². The Morgan fingerprint density at radius 1 is 0.487 bits per heavy atom. The Kier molecular flexibility index (Phi) is 7.19. The smallest absolute Gasteiger partial charge is 0.429 e. The molecule has 0 aromatic heterocycles. The molecule has 4 aromatic carbocycles. The first kappa shape index (κ1) is 27.7. The van der Waals surface area contributed by atoms with Crippen molar-refractivity contribution in [2.24, 2.45) is 0 Å². The third kappa shape index (κ3) is 6.07. The molecule has 0 N–H and O–H groups in total. The molecule has 0 aliphatic rings. The summed E-state index contributed by atoms with van der Waals surface area (Å²) in [4.78, 5) is 0. The summed E-state index contributed by atoms with van der Waals surface area (Å²) in [7, 11) is 0. The first-order chi connectivity index (χ1) is 18.1. The lowest BCUT2D eigenvalue weighted by Crippen LogP contribution is -2.25. The summed E-state index contributed by atoms with van der Waals surface area (Å²) in [6.45, 7) is 0. The van der Waals surface area contributed by atoms with Gasteiger partial charge < -0.3 is 9.47 Å². The van der Waals surface area contributed by atoms with Gasteiger partial charge >= 0.3 is 12.5 Å². The van der Waals surface area contributed by atoms with Gasteiger partial charge in [-0.15, -0.1) is 13.2 Å². The molecule has 0 spiro atoms. The number of hydrogen-bond acceptors (Lipinski definition) is 2. The maximum Gasteiger partial charge on any atom is 0.573 e. The van der Waals surface area contributed by atoms with Gasteiger partial charge in [-0.2, -0.15) is 8.78 Å². The monoisotopic (exact) mass is 564 g/mol. The van der Waals surface area contributed by atoms with Crippen LogP contribution in [-0.2, 0) is 6.11 Å². The van der Waals surface area contributed by atoms with E-state index in [9.17, 15) is 48.3 Å². The van der Waals surface area contributed by atoms with Crippen LogP contribution in [0.4, 0.5) is 48.3 Å². The first-order valence-electron chi connectivity index (χ1n) is 10.5. The van der Waals surface area contributed by atoms with Gasteiger partial charge in [0.1, 0.15) is 34.6 Å². The highest BCUT2D eigenvalue weighted by Gasteiger charge is 2.42. The summed E-state index contributed by atoms with van der Waals surface area (Å²) in [6.07, 6.45) is -10.4. The number of rotatable bonds is 6. The number of halogens is 11. The van der Waals surface area contributed by atoms with Gasteiger partial charge in [0.25, 0.3) is 0 Å². The van der Waals surface area contributed by atoms with E-state index in [1.54, 1.807) is 0 Å². The van der Waals surface area contributed by atoms with E-state index in [-0.39, 0.29) is 23.3 Å². The second-order valence-electron chi connectivity index (χ2n) is 7.90.